The number of benzene rings is 1. The number of halogens is 1. The molecule has 0 saturated heterocycles. The van der Waals surface area contributed by atoms with Gasteiger partial charge in [0.2, 0.25) is 5.91 Å². The maximum Gasteiger partial charge on any atom is 0.236 e. The Morgan fingerprint density at radius 2 is 1.95 bits per heavy atom. The van der Waals surface area contributed by atoms with E-state index in [2.05, 4.69) is 5.32 Å². The van der Waals surface area contributed by atoms with Crippen molar-refractivity contribution in [1.82, 2.24) is 10.2 Å². The van der Waals surface area contributed by atoms with E-state index < -0.39 is 0 Å². The fraction of sp³-hybridized carbons (Fsp3) is 0.533. The summed E-state index contributed by atoms with van der Waals surface area (Å²) in [5.41, 5.74) is 1.14. The molecule has 0 spiro atoms. The summed E-state index contributed by atoms with van der Waals surface area (Å²) in [5.74, 6) is 0.0596. The highest BCUT2D eigenvalue weighted by atomic mass is 35.5. The van der Waals surface area contributed by atoms with Crippen LogP contribution in [-0.2, 0) is 20.9 Å². The first-order valence-corrected chi connectivity index (χ1v) is 6.79. The van der Waals surface area contributed by atoms with Crippen LogP contribution in [0.2, 0.25) is 0 Å². The van der Waals surface area contributed by atoms with Gasteiger partial charge in [0.1, 0.15) is 0 Å². The molecule has 21 heavy (non-hydrogen) atoms. The number of nitrogens with one attached hydrogen (secondary N) is 1. The molecule has 0 radical (unpaired) electrons. The zero-order valence-electron chi connectivity index (χ0n) is 12.7. The molecule has 0 saturated carbocycles. The smallest absolute Gasteiger partial charge is 0.236 e. The predicted molar refractivity (Wildman–Crippen MR) is 85.7 cm³/mol. The van der Waals surface area contributed by atoms with Crippen molar-refractivity contribution in [1.29, 1.82) is 0 Å². The third-order valence-electron chi connectivity index (χ3n) is 2.87. The number of amides is 1. The Hall–Kier alpha value is -1.14. The van der Waals surface area contributed by atoms with Gasteiger partial charge in [0, 0.05) is 27.2 Å². The van der Waals surface area contributed by atoms with E-state index in [-0.39, 0.29) is 18.3 Å². The van der Waals surface area contributed by atoms with Crippen molar-refractivity contribution in [3.63, 3.8) is 0 Å². The SMILES string of the molecule is COCCNCC(=O)N(C)CCOCc1ccccc1.Cl. The first-order valence-electron chi connectivity index (χ1n) is 6.79. The lowest BCUT2D eigenvalue weighted by atomic mass is 10.2. The van der Waals surface area contributed by atoms with Crippen LogP contribution in [0.3, 0.4) is 0 Å². The van der Waals surface area contributed by atoms with Crippen LogP contribution in [0.15, 0.2) is 30.3 Å². The van der Waals surface area contributed by atoms with Gasteiger partial charge in [-0.1, -0.05) is 30.3 Å². The molecule has 1 N–H and O–H groups in total. The lowest BCUT2D eigenvalue weighted by Gasteiger charge is -2.17. The van der Waals surface area contributed by atoms with Crippen molar-refractivity contribution >= 4 is 18.3 Å². The molecule has 0 aliphatic carbocycles. The molecular formula is C15H25ClN2O3. The van der Waals surface area contributed by atoms with Crippen molar-refractivity contribution in [2.45, 2.75) is 6.61 Å². The lowest BCUT2D eigenvalue weighted by Crippen LogP contribution is -2.38. The van der Waals surface area contributed by atoms with Crippen molar-refractivity contribution < 1.29 is 14.3 Å². The third-order valence-corrected chi connectivity index (χ3v) is 2.87. The van der Waals surface area contributed by atoms with Crippen molar-refractivity contribution in [3.05, 3.63) is 35.9 Å². The quantitative estimate of drug-likeness (QED) is 0.662. The van der Waals surface area contributed by atoms with E-state index in [0.717, 1.165) is 5.56 Å². The molecule has 0 aliphatic rings. The molecule has 0 unspecified atom stereocenters. The minimum atomic E-state index is 0. The zero-order valence-corrected chi connectivity index (χ0v) is 13.5. The number of ether oxygens (including phenoxy) is 2. The highest BCUT2D eigenvalue weighted by Gasteiger charge is 2.07. The third kappa shape index (κ3) is 9.42. The number of carbonyl (C=O) groups excluding carboxylic acids is 1. The maximum atomic E-state index is 11.7. The molecule has 5 nitrogen and oxygen atoms in total. The second-order valence-corrected chi connectivity index (χ2v) is 4.52. The van der Waals surface area contributed by atoms with Gasteiger partial charge in [0.15, 0.2) is 0 Å². The van der Waals surface area contributed by atoms with E-state index in [0.29, 0.717) is 39.5 Å². The van der Waals surface area contributed by atoms with Crippen molar-refractivity contribution in [2.75, 3.05) is 47.0 Å². The van der Waals surface area contributed by atoms with E-state index in [1.807, 2.05) is 30.3 Å². The standard InChI is InChI=1S/C15H24N2O3.ClH/c1-17(15(18)12-16-8-10-19-2)9-11-20-13-14-6-4-3-5-7-14;/h3-7,16H,8-13H2,1-2H3;1H. The molecular weight excluding hydrogens is 292 g/mol. The van der Waals surface area contributed by atoms with E-state index in [9.17, 15) is 4.79 Å². The number of hydrogen-bond donors (Lipinski definition) is 1. The number of rotatable bonds is 10. The normalized spacial score (nSPS) is 10.0. The molecule has 120 valence electrons. The summed E-state index contributed by atoms with van der Waals surface area (Å²) in [5, 5.41) is 3.03. The van der Waals surface area contributed by atoms with Crippen LogP contribution in [-0.4, -0.2) is 57.8 Å². The topological polar surface area (TPSA) is 50.8 Å². The summed E-state index contributed by atoms with van der Waals surface area (Å²) < 4.78 is 10.4. The first-order chi connectivity index (χ1) is 9.74. The highest BCUT2D eigenvalue weighted by molar-refractivity contribution is 5.85. The van der Waals surface area contributed by atoms with E-state index >= 15 is 0 Å². The van der Waals surface area contributed by atoms with Crippen LogP contribution in [0.25, 0.3) is 0 Å². The minimum absolute atomic E-state index is 0. The van der Waals surface area contributed by atoms with Gasteiger partial charge >= 0.3 is 0 Å². The summed E-state index contributed by atoms with van der Waals surface area (Å²) in [6.07, 6.45) is 0. The molecule has 0 fully saturated rings. The van der Waals surface area contributed by atoms with Crippen molar-refractivity contribution in [2.24, 2.45) is 0 Å². The summed E-state index contributed by atoms with van der Waals surface area (Å²) in [4.78, 5) is 13.4. The molecule has 1 rings (SSSR count). The Kier molecular flexibility index (Phi) is 11.9. The summed E-state index contributed by atoms with van der Waals surface area (Å²) in [6.45, 7) is 3.33. The van der Waals surface area contributed by atoms with Gasteiger partial charge in [-0.3, -0.25) is 4.79 Å². The zero-order chi connectivity index (χ0) is 14.6. The molecule has 0 aliphatic heterocycles. The number of likely N-dealkylation sites (N-methyl/N-ethyl adjacent to an activating group) is 1. The van der Waals surface area contributed by atoms with Gasteiger partial charge in [-0.05, 0) is 5.56 Å². The Morgan fingerprint density at radius 1 is 1.24 bits per heavy atom. The largest absolute Gasteiger partial charge is 0.383 e. The molecule has 1 aromatic rings. The number of carbonyl (C=O) groups is 1. The van der Waals surface area contributed by atoms with Gasteiger partial charge in [0.25, 0.3) is 0 Å². The second-order valence-electron chi connectivity index (χ2n) is 4.52. The molecule has 0 heterocycles. The van der Waals surface area contributed by atoms with Crippen LogP contribution in [0.1, 0.15) is 5.56 Å². The van der Waals surface area contributed by atoms with Crippen LogP contribution in [0.4, 0.5) is 0 Å². The summed E-state index contributed by atoms with van der Waals surface area (Å²) >= 11 is 0. The average molecular weight is 317 g/mol. The average Bonchev–Trinajstić information content (AvgIpc) is 2.48. The molecule has 6 heteroatoms. The Morgan fingerprint density at radius 3 is 2.62 bits per heavy atom. The van der Waals surface area contributed by atoms with Crippen molar-refractivity contribution in [3.8, 4) is 0 Å². The number of nitrogens with zero attached hydrogens (tertiary/aromatic N) is 1. The van der Waals surface area contributed by atoms with Crippen LogP contribution < -0.4 is 5.32 Å². The Balaban J connectivity index is 0.00000400. The number of methoxy groups -OCH3 is 1. The van der Waals surface area contributed by atoms with Gasteiger partial charge < -0.3 is 19.7 Å². The maximum absolute atomic E-state index is 11.7. The monoisotopic (exact) mass is 316 g/mol. The molecule has 1 amide bonds. The van der Waals surface area contributed by atoms with Crippen LogP contribution in [0.5, 0.6) is 0 Å². The van der Waals surface area contributed by atoms with Gasteiger partial charge in [0.05, 0.1) is 26.4 Å². The summed E-state index contributed by atoms with van der Waals surface area (Å²) in [6, 6.07) is 10.00. The van der Waals surface area contributed by atoms with E-state index in [1.165, 1.54) is 0 Å². The minimum Gasteiger partial charge on any atom is -0.383 e. The van der Waals surface area contributed by atoms with Crippen LogP contribution >= 0.6 is 12.4 Å². The lowest BCUT2D eigenvalue weighted by molar-refractivity contribution is -0.129. The summed E-state index contributed by atoms with van der Waals surface area (Å²) in [7, 11) is 3.42. The first kappa shape index (κ1) is 19.9. The predicted octanol–water partition coefficient (Wildman–Crippen LogP) is 1.32. The Labute approximate surface area is 133 Å². The molecule has 1 aromatic carbocycles. The molecule has 0 bridgehead atoms. The fourth-order valence-electron chi connectivity index (χ4n) is 1.59. The molecule has 0 atom stereocenters. The molecule has 0 aromatic heterocycles. The van der Waals surface area contributed by atoms with E-state index in [4.69, 9.17) is 9.47 Å². The fourth-order valence-corrected chi connectivity index (χ4v) is 1.59. The number of hydrogen-bond acceptors (Lipinski definition) is 4. The highest BCUT2D eigenvalue weighted by Crippen LogP contribution is 2.00. The van der Waals surface area contributed by atoms with Gasteiger partial charge in [-0.25, -0.2) is 0 Å². The van der Waals surface area contributed by atoms with Gasteiger partial charge in [-0.2, -0.15) is 0 Å². The Bertz CT molecular complexity index is 376. The van der Waals surface area contributed by atoms with Crippen LogP contribution in [0, 0.1) is 0 Å². The van der Waals surface area contributed by atoms with E-state index in [1.54, 1.807) is 19.1 Å². The van der Waals surface area contributed by atoms with Gasteiger partial charge in [-0.15, -0.1) is 12.4 Å². The second kappa shape index (κ2) is 12.6.